The number of hydrogen-bond donors (Lipinski definition) is 4. The second kappa shape index (κ2) is 24.6. The van der Waals surface area contributed by atoms with Crippen molar-refractivity contribution in [1.82, 2.24) is 36.2 Å². The average Bonchev–Trinajstić information content (AvgIpc) is 3.60. The van der Waals surface area contributed by atoms with Crippen molar-refractivity contribution in [3.05, 3.63) is 54.1 Å². The van der Waals surface area contributed by atoms with Crippen molar-refractivity contribution in [2.24, 2.45) is 5.92 Å². The second-order valence-corrected chi connectivity index (χ2v) is 11.6. The zero-order valence-corrected chi connectivity index (χ0v) is 29.3. The quantitative estimate of drug-likeness (QED) is 0.110. The highest BCUT2D eigenvalue weighted by Gasteiger charge is 2.32. The smallest absolute Gasteiger partial charge is 0.326 e. The summed E-state index contributed by atoms with van der Waals surface area (Å²) in [5.41, 5.74) is 3.71. The summed E-state index contributed by atoms with van der Waals surface area (Å²) in [5.74, 6) is -0.713. The van der Waals surface area contributed by atoms with Gasteiger partial charge in [-0.15, -0.1) is 5.10 Å². The number of carbonyl (C=O) groups is 2. The molecule has 10 nitrogen and oxygen atoms in total. The first kappa shape index (κ1) is 40.4. The molecule has 0 aliphatic heterocycles. The molecular formula is C36H59N7O3. The summed E-state index contributed by atoms with van der Waals surface area (Å²) in [6.45, 7) is 19.4. The molecule has 0 aliphatic carbocycles. The van der Waals surface area contributed by atoms with E-state index in [2.05, 4.69) is 59.0 Å². The van der Waals surface area contributed by atoms with E-state index in [0.717, 1.165) is 35.1 Å². The summed E-state index contributed by atoms with van der Waals surface area (Å²) >= 11 is 0. The molecule has 0 saturated carbocycles. The molecule has 3 rings (SSSR count). The summed E-state index contributed by atoms with van der Waals surface area (Å²) in [6.07, 6.45) is 6.98. The molecule has 1 aromatic heterocycles. The van der Waals surface area contributed by atoms with E-state index in [4.69, 9.17) is 0 Å². The molecule has 1 amide bonds. The van der Waals surface area contributed by atoms with Gasteiger partial charge < -0.3 is 20.6 Å². The molecule has 2 aromatic carbocycles. The number of nitrogens with zero attached hydrogens (tertiary/aromatic N) is 4. The van der Waals surface area contributed by atoms with Crippen molar-refractivity contribution in [2.75, 3.05) is 26.2 Å². The van der Waals surface area contributed by atoms with E-state index in [-0.39, 0.29) is 18.4 Å². The number of aromatic nitrogens is 4. The Morgan fingerprint density at radius 3 is 1.78 bits per heavy atom. The molecule has 0 unspecified atom stereocenters. The van der Waals surface area contributed by atoms with Gasteiger partial charge in [0.25, 0.3) is 0 Å². The third-order valence-corrected chi connectivity index (χ3v) is 7.14. The normalized spacial score (nSPS) is 11.2. The van der Waals surface area contributed by atoms with Gasteiger partial charge >= 0.3 is 5.97 Å². The van der Waals surface area contributed by atoms with Crippen LogP contribution in [-0.2, 0) is 16.1 Å². The Morgan fingerprint density at radius 1 is 0.804 bits per heavy atom. The predicted octanol–water partition coefficient (Wildman–Crippen LogP) is 6.95. The first-order valence-electron chi connectivity index (χ1n) is 17.1. The zero-order chi connectivity index (χ0) is 34.2. The summed E-state index contributed by atoms with van der Waals surface area (Å²) in [6, 6.07) is 14.8. The number of carboxylic acids is 1. The second-order valence-electron chi connectivity index (χ2n) is 11.6. The lowest BCUT2D eigenvalue weighted by Gasteiger charge is -2.32. The lowest BCUT2D eigenvalue weighted by Crippen LogP contribution is -2.47. The van der Waals surface area contributed by atoms with Gasteiger partial charge in [-0.25, -0.2) is 9.89 Å². The highest BCUT2D eigenvalue weighted by atomic mass is 16.4. The lowest BCUT2D eigenvalue weighted by atomic mass is 9.97. The van der Waals surface area contributed by atoms with Gasteiger partial charge in [0.05, 0.1) is 0 Å². The van der Waals surface area contributed by atoms with Crippen LogP contribution in [0.1, 0.15) is 99.0 Å². The van der Waals surface area contributed by atoms with E-state index < -0.39 is 12.0 Å². The Labute approximate surface area is 277 Å². The topological polar surface area (TPSA) is 136 Å². The minimum atomic E-state index is -0.976. The van der Waals surface area contributed by atoms with Gasteiger partial charge in [0.1, 0.15) is 6.04 Å². The van der Waals surface area contributed by atoms with E-state index in [0.29, 0.717) is 12.2 Å². The van der Waals surface area contributed by atoms with E-state index in [1.54, 1.807) is 0 Å². The third kappa shape index (κ3) is 15.1. The molecule has 0 aliphatic rings. The molecular weight excluding hydrogens is 578 g/mol. The van der Waals surface area contributed by atoms with Gasteiger partial charge in [0.2, 0.25) is 5.91 Å². The minimum Gasteiger partial charge on any atom is -0.480 e. The number of amides is 1. The van der Waals surface area contributed by atoms with Crippen LogP contribution >= 0.6 is 0 Å². The molecule has 1 atom stereocenters. The van der Waals surface area contributed by atoms with Gasteiger partial charge in [-0.2, -0.15) is 0 Å². The number of H-pyrrole nitrogens is 1. The molecule has 46 heavy (non-hydrogen) atoms. The molecule has 4 N–H and O–H groups in total. The third-order valence-electron chi connectivity index (χ3n) is 7.14. The largest absolute Gasteiger partial charge is 0.480 e. The maximum atomic E-state index is 12.9. The van der Waals surface area contributed by atoms with E-state index >= 15 is 0 Å². The predicted molar refractivity (Wildman–Crippen MR) is 188 cm³/mol. The van der Waals surface area contributed by atoms with Gasteiger partial charge in [-0.05, 0) is 91.3 Å². The Balaban J connectivity index is 0.000000629. The van der Waals surface area contributed by atoms with Crippen LogP contribution in [-0.4, -0.2) is 74.7 Å². The first-order valence-corrected chi connectivity index (χ1v) is 17.1. The Kier molecular flexibility index (Phi) is 21.6. The Bertz CT molecular complexity index is 1180. The standard InChI is InChI=1S/C24H29N5O3.2C6H15N/c1-4-5-10-21(30)29(22(16(2)3)24(31)32)15-17-11-13-18(14-12-17)19-8-6-7-9-20(19)23-25-27-28-26-23;2*1-3-5-7-6-4-2/h6-9,11-14,16,22H,4-5,10,15H2,1-3H3,(H,31,32)(H,25,26,27,28);2*7H,3-6H2,1-2H3/t22-;;/m0../s1. The fourth-order valence-corrected chi connectivity index (χ4v) is 4.75. The summed E-state index contributed by atoms with van der Waals surface area (Å²) in [5, 5.41) is 30.5. The molecule has 0 spiro atoms. The van der Waals surface area contributed by atoms with Crippen LogP contribution < -0.4 is 10.6 Å². The summed E-state index contributed by atoms with van der Waals surface area (Å²) in [4.78, 5) is 26.3. The van der Waals surface area contributed by atoms with Crippen molar-refractivity contribution in [2.45, 2.75) is 106 Å². The highest BCUT2D eigenvalue weighted by Crippen LogP contribution is 2.30. The fourth-order valence-electron chi connectivity index (χ4n) is 4.75. The average molecular weight is 638 g/mol. The van der Waals surface area contributed by atoms with Gasteiger partial charge in [0, 0.05) is 18.5 Å². The van der Waals surface area contributed by atoms with Crippen LogP contribution in [0.2, 0.25) is 0 Å². The van der Waals surface area contributed by atoms with Crippen LogP contribution in [0.4, 0.5) is 0 Å². The molecule has 1 heterocycles. The van der Waals surface area contributed by atoms with Crippen molar-refractivity contribution < 1.29 is 14.7 Å². The van der Waals surface area contributed by atoms with Crippen LogP contribution in [0, 0.1) is 5.92 Å². The monoisotopic (exact) mass is 637 g/mol. The number of aliphatic carboxylic acids is 1. The fraction of sp³-hybridized carbons (Fsp3) is 0.583. The minimum absolute atomic E-state index is 0.125. The number of carbonyl (C=O) groups excluding carboxylic acids is 1. The van der Waals surface area contributed by atoms with Gasteiger partial charge in [-0.1, -0.05) is 103 Å². The van der Waals surface area contributed by atoms with Crippen LogP contribution in [0.15, 0.2) is 48.5 Å². The number of rotatable bonds is 18. The number of hydrogen-bond acceptors (Lipinski definition) is 7. The molecule has 0 fully saturated rings. The van der Waals surface area contributed by atoms with Crippen molar-refractivity contribution in [3.8, 4) is 22.5 Å². The van der Waals surface area contributed by atoms with Crippen molar-refractivity contribution in [3.63, 3.8) is 0 Å². The number of unbranched alkanes of at least 4 members (excludes halogenated alkanes) is 1. The van der Waals surface area contributed by atoms with Crippen molar-refractivity contribution in [1.29, 1.82) is 0 Å². The Morgan fingerprint density at radius 2 is 1.35 bits per heavy atom. The van der Waals surface area contributed by atoms with Crippen LogP contribution in [0.5, 0.6) is 0 Å². The highest BCUT2D eigenvalue weighted by molar-refractivity contribution is 5.84. The number of nitrogens with one attached hydrogen (secondary N) is 3. The van der Waals surface area contributed by atoms with Crippen molar-refractivity contribution >= 4 is 11.9 Å². The zero-order valence-electron chi connectivity index (χ0n) is 29.3. The maximum Gasteiger partial charge on any atom is 0.326 e. The molecule has 0 radical (unpaired) electrons. The number of tetrazole rings is 1. The van der Waals surface area contributed by atoms with Crippen LogP contribution in [0.3, 0.4) is 0 Å². The number of benzene rings is 2. The number of carboxylic acid groups (broad SMARTS) is 1. The van der Waals surface area contributed by atoms with E-state index in [1.807, 2.05) is 69.3 Å². The van der Waals surface area contributed by atoms with Gasteiger partial charge in [-0.3, -0.25) is 4.79 Å². The molecule has 0 saturated heterocycles. The maximum absolute atomic E-state index is 12.9. The Hall–Kier alpha value is -3.63. The number of aromatic amines is 1. The molecule has 3 aromatic rings. The summed E-state index contributed by atoms with van der Waals surface area (Å²) in [7, 11) is 0. The molecule has 256 valence electrons. The molecule has 0 bridgehead atoms. The van der Waals surface area contributed by atoms with Gasteiger partial charge in [0.15, 0.2) is 5.82 Å². The van der Waals surface area contributed by atoms with Crippen LogP contribution in [0.25, 0.3) is 22.5 Å². The summed E-state index contributed by atoms with van der Waals surface area (Å²) < 4.78 is 0. The van der Waals surface area contributed by atoms with E-state index in [9.17, 15) is 14.7 Å². The molecule has 10 heteroatoms. The lowest BCUT2D eigenvalue weighted by molar-refractivity contribution is -0.153. The first-order chi connectivity index (χ1) is 22.2. The van der Waals surface area contributed by atoms with E-state index in [1.165, 1.54) is 56.8 Å². The SMILES string of the molecule is CCCCC(=O)N(Cc1ccc(-c2ccccc2-c2nnn[nH]2)cc1)[C@H](C(=O)O)C(C)C.CCCNCCC.CCCNCCC.